The van der Waals surface area contributed by atoms with Gasteiger partial charge in [0.1, 0.15) is 0 Å². The molecule has 4 N–H and O–H groups in total. The van der Waals surface area contributed by atoms with Crippen LogP contribution in [0.2, 0.25) is 0 Å². The third-order valence-electron chi connectivity index (χ3n) is 7.15. The topological polar surface area (TPSA) is 122 Å². The normalized spacial score (nSPS) is 25.4. The van der Waals surface area contributed by atoms with Gasteiger partial charge in [-0.1, -0.05) is 13.0 Å². The van der Waals surface area contributed by atoms with E-state index in [-0.39, 0.29) is 28.4 Å². The van der Waals surface area contributed by atoms with Gasteiger partial charge in [0.2, 0.25) is 10.0 Å². The van der Waals surface area contributed by atoms with E-state index in [0.29, 0.717) is 31.5 Å². The molecule has 31 heavy (non-hydrogen) atoms. The molecule has 0 spiro atoms. The highest BCUT2D eigenvalue weighted by Crippen LogP contribution is 2.48. The molecule has 170 valence electrons. The van der Waals surface area contributed by atoms with E-state index < -0.39 is 10.0 Å². The summed E-state index contributed by atoms with van der Waals surface area (Å²) in [5.74, 6) is 1.32. The summed E-state index contributed by atoms with van der Waals surface area (Å²) in [7, 11) is -3.86. The van der Waals surface area contributed by atoms with Crippen LogP contribution in [0.5, 0.6) is 0 Å². The number of urea groups is 1. The molecule has 1 aromatic carbocycles. The van der Waals surface area contributed by atoms with Gasteiger partial charge in [-0.3, -0.25) is 4.79 Å². The standard InChI is InChI=1S/C22H32N4O4S/c1-15-12-17(15)14-22(8-3-9-22)25-21(28)24-18-6-10-26(11-7-18)20(27)16-4-2-5-19(13-16)31(23,29)30/h2,4-5,13,15,17-18H,3,6-12,14H2,1H3,(H2,23,29,30)(H2,24,25,28)/t15-,17?/m0/s1. The molecule has 9 heteroatoms. The number of carbonyl (C=O) groups excluding carboxylic acids is 2. The average Bonchev–Trinajstić information content (AvgIpc) is 3.40. The van der Waals surface area contributed by atoms with Crippen LogP contribution in [0.3, 0.4) is 0 Å². The Kier molecular flexibility index (Phi) is 6.00. The fraction of sp³-hybridized carbons (Fsp3) is 0.636. The van der Waals surface area contributed by atoms with Crippen molar-refractivity contribution in [3.8, 4) is 0 Å². The van der Waals surface area contributed by atoms with Gasteiger partial charge in [0.05, 0.1) is 4.90 Å². The fourth-order valence-electron chi connectivity index (χ4n) is 4.85. The van der Waals surface area contributed by atoms with Crippen LogP contribution in [0.25, 0.3) is 0 Å². The first kappa shape index (κ1) is 22.1. The van der Waals surface area contributed by atoms with Crippen molar-refractivity contribution in [2.24, 2.45) is 17.0 Å². The number of nitrogens with one attached hydrogen (secondary N) is 2. The Bertz CT molecular complexity index is 952. The number of piperidine rings is 1. The second-order valence-corrected chi connectivity index (χ2v) is 11.1. The van der Waals surface area contributed by atoms with Gasteiger partial charge in [0.25, 0.3) is 5.91 Å². The van der Waals surface area contributed by atoms with Gasteiger partial charge in [-0.05, 0) is 75.0 Å². The van der Waals surface area contributed by atoms with E-state index in [0.717, 1.165) is 31.1 Å². The third-order valence-corrected chi connectivity index (χ3v) is 8.06. The average molecular weight is 449 g/mol. The molecule has 3 fully saturated rings. The van der Waals surface area contributed by atoms with E-state index in [9.17, 15) is 18.0 Å². The molecule has 0 bridgehead atoms. The summed E-state index contributed by atoms with van der Waals surface area (Å²) in [6, 6.07) is 5.72. The van der Waals surface area contributed by atoms with E-state index in [1.54, 1.807) is 11.0 Å². The van der Waals surface area contributed by atoms with Crippen LogP contribution in [-0.4, -0.2) is 49.9 Å². The Balaban J connectivity index is 1.27. The lowest BCUT2D eigenvalue weighted by molar-refractivity contribution is 0.0707. The minimum absolute atomic E-state index is 0.0233. The first-order valence-corrected chi connectivity index (χ1v) is 12.7. The quantitative estimate of drug-likeness (QED) is 0.617. The summed E-state index contributed by atoms with van der Waals surface area (Å²) >= 11 is 0. The number of amides is 3. The van der Waals surface area contributed by atoms with Gasteiger partial charge >= 0.3 is 6.03 Å². The van der Waals surface area contributed by atoms with Crippen molar-refractivity contribution in [1.29, 1.82) is 0 Å². The highest BCUT2D eigenvalue weighted by atomic mass is 32.2. The maximum Gasteiger partial charge on any atom is 0.315 e. The molecule has 1 aliphatic heterocycles. The number of benzene rings is 1. The zero-order valence-corrected chi connectivity index (χ0v) is 18.8. The maximum atomic E-state index is 12.8. The molecule has 2 aliphatic carbocycles. The van der Waals surface area contributed by atoms with E-state index in [4.69, 9.17) is 5.14 Å². The number of rotatable bonds is 6. The highest BCUT2D eigenvalue weighted by Gasteiger charge is 2.45. The largest absolute Gasteiger partial charge is 0.338 e. The molecule has 1 aromatic rings. The summed E-state index contributed by atoms with van der Waals surface area (Å²) in [5, 5.41) is 11.5. The van der Waals surface area contributed by atoms with E-state index in [2.05, 4.69) is 17.6 Å². The molecule has 2 saturated carbocycles. The number of hydrogen-bond donors (Lipinski definition) is 3. The molecule has 3 aliphatic rings. The summed E-state index contributed by atoms with van der Waals surface area (Å²) in [6.07, 6.45) is 7.00. The number of nitrogens with two attached hydrogens (primary N) is 1. The van der Waals surface area contributed by atoms with E-state index in [1.807, 2.05) is 0 Å². The molecule has 3 amide bonds. The van der Waals surface area contributed by atoms with Crippen molar-refractivity contribution < 1.29 is 18.0 Å². The van der Waals surface area contributed by atoms with Crippen molar-refractivity contribution >= 4 is 22.0 Å². The molecular weight excluding hydrogens is 416 g/mol. The smallest absolute Gasteiger partial charge is 0.315 e. The molecule has 1 unspecified atom stereocenters. The molecule has 4 rings (SSSR count). The van der Waals surface area contributed by atoms with Crippen molar-refractivity contribution in [1.82, 2.24) is 15.5 Å². The highest BCUT2D eigenvalue weighted by molar-refractivity contribution is 7.89. The number of nitrogens with zero attached hydrogens (tertiary/aromatic N) is 1. The predicted octanol–water partition coefficient (Wildman–Crippen LogP) is 2.21. The Morgan fingerprint density at radius 2 is 1.90 bits per heavy atom. The van der Waals surface area contributed by atoms with Crippen LogP contribution in [0.15, 0.2) is 29.2 Å². The summed E-state index contributed by atoms with van der Waals surface area (Å²) in [4.78, 5) is 27.0. The Morgan fingerprint density at radius 3 is 2.45 bits per heavy atom. The lowest BCUT2D eigenvalue weighted by Crippen LogP contribution is -2.58. The predicted molar refractivity (Wildman–Crippen MR) is 117 cm³/mol. The van der Waals surface area contributed by atoms with Crippen LogP contribution < -0.4 is 15.8 Å². The van der Waals surface area contributed by atoms with Gasteiger partial charge in [-0.25, -0.2) is 18.4 Å². The van der Waals surface area contributed by atoms with Crippen molar-refractivity contribution in [3.63, 3.8) is 0 Å². The fourth-order valence-corrected chi connectivity index (χ4v) is 5.41. The lowest BCUT2D eigenvalue weighted by Gasteiger charge is -2.43. The van der Waals surface area contributed by atoms with Crippen LogP contribution in [0, 0.1) is 11.8 Å². The zero-order chi connectivity index (χ0) is 22.2. The van der Waals surface area contributed by atoms with E-state index in [1.165, 1.54) is 31.0 Å². The van der Waals surface area contributed by atoms with Crippen LogP contribution in [0.4, 0.5) is 4.79 Å². The van der Waals surface area contributed by atoms with Crippen molar-refractivity contribution in [2.75, 3.05) is 13.1 Å². The van der Waals surface area contributed by atoms with Gasteiger partial charge in [-0.15, -0.1) is 0 Å². The maximum absolute atomic E-state index is 12.8. The van der Waals surface area contributed by atoms with Gasteiger partial charge in [0, 0.05) is 30.2 Å². The lowest BCUT2D eigenvalue weighted by atomic mass is 9.73. The minimum atomic E-state index is -3.86. The first-order chi connectivity index (χ1) is 14.7. The van der Waals surface area contributed by atoms with Crippen LogP contribution in [-0.2, 0) is 10.0 Å². The molecule has 0 radical (unpaired) electrons. The summed E-state index contributed by atoms with van der Waals surface area (Å²) in [5.41, 5.74) is 0.279. The van der Waals surface area contributed by atoms with Crippen molar-refractivity contribution in [3.05, 3.63) is 29.8 Å². The van der Waals surface area contributed by atoms with Gasteiger partial charge in [-0.2, -0.15) is 0 Å². The zero-order valence-electron chi connectivity index (χ0n) is 18.0. The number of primary sulfonamides is 1. The van der Waals surface area contributed by atoms with Gasteiger partial charge < -0.3 is 15.5 Å². The molecule has 1 heterocycles. The SMILES string of the molecule is C[C@H]1CC1CC1(NC(=O)NC2CCN(C(=O)c3cccc(S(N)(=O)=O)c3)CC2)CCC1. The van der Waals surface area contributed by atoms with E-state index >= 15 is 0 Å². The molecule has 1 saturated heterocycles. The third kappa shape index (κ3) is 5.20. The summed E-state index contributed by atoms with van der Waals surface area (Å²) < 4.78 is 23.1. The Morgan fingerprint density at radius 1 is 1.23 bits per heavy atom. The molecule has 2 atom stereocenters. The Hall–Kier alpha value is -2.13. The van der Waals surface area contributed by atoms with Crippen molar-refractivity contribution in [2.45, 2.75) is 68.3 Å². The number of carbonyl (C=O) groups is 2. The van der Waals surface area contributed by atoms with Gasteiger partial charge in [0.15, 0.2) is 0 Å². The second kappa shape index (κ2) is 8.43. The molecular formula is C22H32N4O4S. The first-order valence-electron chi connectivity index (χ1n) is 11.2. The van der Waals surface area contributed by atoms with Crippen LogP contribution in [0.1, 0.15) is 62.2 Å². The number of hydrogen-bond acceptors (Lipinski definition) is 4. The molecule has 8 nitrogen and oxygen atoms in total. The summed E-state index contributed by atoms with van der Waals surface area (Å²) in [6.45, 7) is 3.29. The number of likely N-dealkylation sites (tertiary alicyclic amines) is 1. The minimum Gasteiger partial charge on any atom is -0.338 e. The number of sulfonamides is 1. The Labute approximate surface area is 184 Å². The van der Waals surface area contributed by atoms with Crippen LogP contribution >= 0.6 is 0 Å². The molecule has 0 aromatic heterocycles. The monoisotopic (exact) mass is 448 g/mol. The second-order valence-electron chi connectivity index (χ2n) is 9.55.